The third kappa shape index (κ3) is 2.01. The van der Waals surface area contributed by atoms with Crippen molar-refractivity contribution in [3.63, 3.8) is 0 Å². The summed E-state index contributed by atoms with van der Waals surface area (Å²) in [7, 11) is 0. The number of carbonyl (C=O) groups excluding carboxylic acids is 1. The molecule has 1 aromatic carbocycles. The standard InChI is InChI=1S/C10H11NO2S/c12-8-3-1-7(2-4-8)10-11-9(13)5-6-14-10/h1-4,10,12H,5-6H2,(H,11,13). The summed E-state index contributed by atoms with van der Waals surface area (Å²) in [4.78, 5) is 11.1. The Kier molecular flexibility index (Phi) is 2.63. The van der Waals surface area contributed by atoms with Crippen molar-refractivity contribution in [2.75, 3.05) is 5.75 Å². The van der Waals surface area contributed by atoms with Gasteiger partial charge in [-0.1, -0.05) is 12.1 Å². The van der Waals surface area contributed by atoms with Crippen LogP contribution in [0.4, 0.5) is 0 Å². The smallest absolute Gasteiger partial charge is 0.221 e. The second-order valence-electron chi connectivity index (χ2n) is 3.16. The number of benzene rings is 1. The number of aromatic hydroxyl groups is 1. The van der Waals surface area contributed by atoms with Gasteiger partial charge in [0, 0.05) is 12.2 Å². The molecule has 0 aliphatic carbocycles. The number of thioether (sulfide) groups is 1. The maximum atomic E-state index is 11.1. The maximum absolute atomic E-state index is 11.1. The van der Waals surface area contributed by atoms with Gasteiger partial charge >= 0.3 is 0 Å². The molecule has 2 rings (SSSR count). The van der Waals surface area contributed by atoms with Crippen molar-refractivity contribution in [2.24, 2.45) is 0 Å². The van der Waals surface area contributed by atoms with Gasteiger partial charge in [0.25, 0.3) is 0 Å². The molecule has 3 nitrogen and oxygen atoms in total. The zero-order valence-corrected chi connectivity index (χ0v) is 8.38. The Morgan fingerprint density at radius 2 is 2.07 bits per heavy atom. The van der Waals surface area contributed by atoms with Crippen LogP contribution in [0.1, 0.15) is 17.4 Å². The first kappa shape index (κ1) is 9.40. The van der Waals surface area contributed by atoms with E-state index in [4.69, 9.17) is 5.11 Å². The fourth-order valence-electron chi connectivity index (χ4n) is 1.36. The Labute approximate surface area is 86.5 Å². The van der Waals surface area contributed by atoms with Gasteiger partial charge < -0.3 is 10.4 Å². The van der Waals surface area contributed by atoms with Crippen molar-refractivity contribution < 1.29 is 9.90 Å². The van der Waals surface area contributed by atoms with Crippen LogP contribution in [-0.4, -0.2) is 16.8 Å². The monoisotopic (exact) mass is 209 g/mol. The molecule has 74 valence electrons. The third-order valence-electron chi connectivity index (χ3n) is 2.10. The van der Waals surface area contributed by atoms with Crippen LogP contribution in [0, 0.1) is 0 Å². The molecule has 1 aliphatic rings. The number of rotatable bonds is 1. The second-order valence-corrected chi connectivity index (χ2v) is 4.37. The minimum atomic E-state index is 0.0387. The zero-order valence-electron chi connectivity index (χ0n) is 7.56. The molecular formula is C10H11NO2S. The molecule has 1 saturated heterocycles. The summed E-state index contributed by atoms with van der Waals surface area (Å²) in [6.45, 7) is 0. The van der Waals surface area contributed by atoms with Crippen molar-refractivity contribution >= 4 is 17.7 Å². The highest BCUT2D eigenvalue weighted by Crippen LogP contribution is 2.30. The van der Waals surface area contributed by atoms with E-state index in [0.717, 1.165) is 11.3 Å². The van der Waals surface area contributed by atoms with E-state index in [0.29, 0.717) is 6.42 Å². The van der Waals surface area contributed by atoms with Crippen LogP contribution in [0.2, 0.25) is 0 Å². The van der Waals surface area contributed by atoms with E-state index < -0.39 is 0 Å². The zero-order chi connectivity index (χ0) is 9.97. The van der Waals surface area contributed by atoms with Gasteiger partial charge in [0.1, 0.15) is 11.1 Å². The fraction of sp³-hybridized carbons (Fsp3) is 0.300. The summed E-state index contributed by atoms with van der Waals surface area (Å²) < 4.78 is 0. The number of phenolic OH excluding ortho intramolecular Hbond substituents is 1. The Balaban J connectivity index is 2.14. The Hall–Kier alpha value is -1.16. The molecule has 1 amide bonds. The molecule has 1 atom stereocenters. The van der Waals surface area contributed by atoms with E-state index in [1.165, 1.54) is 0 Å². The predicted molar refractivity (Wildman–Crippen MR) is 56.1 cm³/mol. The molecule has 0 aromatic heterocycles. The van der Waals surface area contributed by atoms with Crippen LogP contribution in [0.3, 0.4) is 0 Å². The maximum Gasteiger partial charge on any atom is 0.221 e. The molecule has 0 radical (unpaired) electrons. The first-order valence-corrected chi connectivity index (χ1v) is 5.50. The van der Waals surface area contributed by atoms with E-state index in [1.54, 1.807) is 23.9 Å². The van der Waals surface area contributed by atoms with Gasteiger partial charge in [-0.2, -0.15) is 0 Å². The summed E-state index contributed by atoms with van der Waals surface area (Å²) >= 11 is 1.71. The highest BCUT2D eigenvalue weighted by Gasteiger charge is 2.19. The Morgan fingerprint density at radius 1 is 1.36 bits per heavy atom. The van der Waals surface area contributed by atoms with E-state index in [2.05, 4.69) is 5.32 Å². The lowest BCUT2D eigenvalue weighted by Gasteiger charge is -2.22. The summed E-state index contributed by atoms with van der Waals surface area (Å²) in [6.07, 6.45) is 0.596. The van der Waals surface area contributed by atoms with Gasteiger partial charge in [-0.3, -0.25) is 4.79 Å². The lowest BCUT2D eigenvalue weighted by atomic mass is 10.2. The molecule has 14 heavy (non-hydrogen) atoms. The molecule has 1 unspecified atom stereocenters. The van der Waals surface area contributed by atoms with Crippen LogP contribution >= 0.6 is 11.8 Å². The lowest BCUT2D eigenvalue weighted by Crippen LogP contribution is -2.31. The van der Waals surface area contributed by atoms with Crippen LogP contribution in [0.25, 0.3) is 0 Å². The molecule has 4 heteroatoms. The molecule has 0 bridgehead atoms. The van der Waals surface area contributed by atoms with Crippen LogP contribution in [0.15, 0.2) is 24.3 Å². The van der Waals surface area contributed by atoms with Gasteiger partial charge in [0.15, 0.2) is 0 Å². The fourth-order valence-corrected chi connectivity index (χ4v) is 2.46. The van der Waals surface area contributed by atoms with Crippen molar-refractivity contribution in [3.8, 4) is 5.75 Å². The van der Waals surface area contributed by atoms with Gasteiger partial charge in [0.05, 0.1) is 0 Å². The average Bonchev–Trinajstić information content (AvgIpc) is 2.19. The van der Waals surface area contributed by atoms with Gasteiger partial charge in [-0.15, -0.1) is 11.8 Å². The van der Waals surface area contributed by atoms with Gasteiger partial charge in [-0.25, -0.2) is 0 Å². The highest BCUT2D eigenvalue weighted by molar-refractivity contribution is 7.99. The molecule has 2 N–H and O–H groups in total. The van der Waals surface area contributed by atoms with E-state index in [-0.39, 0.29) is 17.0 Å². The van der Waals surface area contributed by atoms with Crippen molar-refractivity contribution in [3.05, 3.63) is 29.8 Å². The lowest BCUT2D eigenvalue weighted by molar-refractivity contribution is -0.121. The normalized spacial score (nSPS) is 21.7. The number of carbonyl (C=O) groups is 1. The highest BCUT2D eigenvalue weighted by atomic mass is 32.2. The number of amides is 1. The summed E-state index contributed by atoms with van der Waals surface area (Å²) in [6, 6.07) is 6.94. The van der Waals surface area contributed by atoms with Gasteiger partial charge in [0.2, 0.25) is 5.91 Å². The van der Waals surface area contributed by atoms with Crippen molar-refractivity contribution in [1.29, 1.82) is 0 Å². The van der Waals surface area contributed by atoms with E-state index >= 15 is 0 Å². The SMILES string of the molecule is O=C1CCSC(c2ccc(O)cc2)N1. The largest absolute Gasteiger partial charge is 0.508 e. The quantitative estimate of drug-likeness (QED) is 0.739. The first-order valence-electron chi connectivity index (χ1n) is 4.45. The van der Waals surface area contributed by atoms with E-state index in [1.807, 2.05) is 12.1 Å². The van der Waals surface area contributed by atoms with Crippen LogP contribution in [-0.2, 0) is 4.79 Å². The molecule has 0 saturated carbocycles. The summed E-state index contributed by atoms with van der Waals surface area (Å²) in [5.74, 6) is 1.21. The summed E-state index contributed by atoms with van der Waals surface area (Å²) in [5.41, 5.74) is 1.03. The Bertz CT molecular complexity index is 336. The molecular weight excluding hydrogens is 198 g/mol. The van der Waals surface area contributed by atoms with Crippen molar-refractivity contribution in [1.82, 2.24) is 5.32 Å². The third-order valence-corrected chi connectivity index (χ3v) is 3.26. The number of hydrogen-bond donors (Lipinski definition) is 2. The molecule has 1 heterocycles. The van der Waals surface area contributed by atoms with Crippen molar-refractivity contribution in [2.45, 2.75) is 11.8 Å². The minimum absolute atomic E-state index is 0.0387. The molecule has 1 fully saturated rings. The molecule has 0 spiro atoms. The first-order chi connectivity index (χ1) is 6.75. The van der Waals surface area contributed by atoms with Crippen LogP contribution < -0.4 is 5.32 Å². The topological polar surface area (TPSA) is 49.3 Å². The molecule has 1 aromatic rings. The van der Waals surface area contributed by atoms with Crippen LogP contribution in [0.5, 0.6) is 5.75 Å². The summed E-state index contributed by atoms with van der Waals surface area (Å²) in [5, 5.41) is 12.0. The number of phenols is 1. The second kappa shape index (κ2) is 3.92. The number of hydrogen-bond acceptors (Lipinski definition) is 3. The van der Waals surface area contributed by atoms with Gasteiger partial charge in [-0.05, 0) is 17.7 Å². The van der Waals surface area contributed by atoms with E-state index in [9.17, 15) is 4.79 Å². The molecule has 1 aliphatic heterocycles. The predicted octanol–water partition coefficient (Wildman–Crippen LogP) is 1.64. The number of nitrogens with one attached hydrogen (secondary N) is 1. The Morgan fingerprint density at radius 3 is 2.71 bits per heavy atom. The minimum Gasteiger partial charge on any atom is -0.508 e. The average molecular weight is 209 g/mol.